The molecule has 0 atom stereocenters. The SMILES string of the molecule is CCNC(=NCC(C)(C)N1CCOCC1)NCCn1cc(C)cn1. The molecule has 1 aromatic heterocycles. The lowest BCUT2D eigenvalue weighted by atomic mass is 10.0. The maximum absolute atomic E-state index is 5.45. The van der Waals surface area contributed by atoms with Crippen LogP contribution in [-0.4, -0.2) is 72.1 Å². The molecule has 1 aliphatic heterocycles. The second-order valence-corrected chi connectivity index (χ2v) is 6.81. The van der Waals surface area contributed by atoms with Crippen LogP contribution in [0.2, 0.25) is 0 Å². The van der Waals surface area contributed by atoms with Gasteiger partial charge in [0.2, 0.25) is 0 Å². The molecule has 0 spiro atoms. The normalized spacial score (nSPS) is 17.1. The van der Waals surface area contributed by atoms with E-state index in [1.165, 1.54) is 5.56 Å². The number of aryl methyl sites for hydroxylation is 1. The average Bonchev–Trinajstić information content (AvgIpc) is 2.99. The number of aromatic nitrogens is 2. The summed E-state index contributed by atoms with van der Waals surface area (Å²) < 4.78 is 7.39. The summed E-state index contributed by atoms with van der Waals surface area (Å²) in [6, 6.07) is 0. The number of nitrogens with zero attached hydrogens (tertiary/aromatic N) is 4. The molecule has 0 unspecified atom stereocenters. The van der Waals surface area contributed by atoms with Gasteiger partial charge in [0, 0.05) is 37.9 Å². The second kappa shape index (κ2) is 9.03. The van der Waals surface area contributed by atoms with Gasteiger partial charge in [-0.3, -0.25) is 14.6 Å². The molecule has 0 bridgehead atoms. The highest BCUT2D eigenvalue weighted by atomic mass is 16.5. The topological polar surface area (TPSA) is 66.7 Å². The molecule has 0 radical (unpaired) electrons. The molecule has 1 aliphatic rings. The minimum absolute atomic E-state index is 0.0330. The standard InChI is InChI=1S/C17H32N6O/c1-5-18-16(19-6-7-23-13-15(2)12-21-23)20-14-17(3,4)22-8-10-24-11-9-22/h12-13H,5-11,14H2,1-4H3,(H2,18,19,20). The lowest BCUT2D eigenvalue weighted by molar-refractivity contribution is -0.00683. The Morgan fingerprint density at radius 1 is 1.33 bits per heavy atom. The van der Waals surface area contributed by atoms with Gasteiger partial charge in [0.1, 0.15) is 0 Å². The fraction of sp³-hybridized carbons (Fsp3) is 0.765. The summed E-state index contributed by atoms with van der Waals surface area (Å²) in [5.41, 5.74) is 1.22. The minimum Gasteiger partial charge on any atom is -0.379 e. The van der Waals surface area contributed by atoms with Crippen LogP contribution >= 0.6 is 0 Å². The summed E-state index contributed by atoms with van der Waals surface area (Å²) in [5.74, 6) is 0.864. The Morgan fingerprint density at radius 2 is 2.08 bits per heavy atom. The summed E-state index contributed by atoms with van der Waals surface area (Å²) in [5, 5.41) is 11.0. The highest BCUT2D eigenvalue weighted by Gasteiger charge is 2.28. The van der Waals surface area contributed by atoms with Crippen LogP contribution in [0.15, 0.2) is 17.4 Å². The first-order valence-corrected chi connectivity index (χ1v) is 8.85. The third-order valence-electron chi connectivity index (χ3n) is 4.23. The van der Waals surface area contributed by atoms with E-state index in [1.54, 1.807) is 0 Å². The number of hydrogen-bond donors (Lipinski definition) is 2. The van der Waals surface area contributed by atoms with Gasteiger partial charge in [-0.15, -0.1) is 0 Å². The maximum atomic E-state index is 5.45. The van der Waals surface area contributed by atoms with E-state index in [0.29, 0.717) is 0 Å². The summed E-state index contributed by atoms with van der Waals surface area (Å²) in [6.45, 7) is 15.4. The van der Waals surface area contributed by atoms with Crippen LogP contribution in [0.1, 0.15) is 26.3 Å². The van der Waals surface area contributed by atoms with Gasteiger partial charge in [-0.1, -0.05) is 0 Å². The number of guanidine groups is 1. The Balaban J connectivity index is 1.84. The molecule has 2 heterocycles. The average molecular weight is 336 g/mol. The van der Waals surface area contributed by atoms with E-state index in [2.05, 4.69) is 48.3 Å². The number of nitrogens with one attached hydrogen (secondary N) is 2. The predicted molar refractivity (Wildman–Crippen MR) is 97.4 cm³/mol. The zero-order chi connectivity index (χ0) is 17.4. The van der Waals surface area contributed by atoms with Crippen molar-refractivity contribution in [3.05, 3.63) is 18.0 Å². The second-order valence-electron chi connectivity index (χ2n) is 6.81. The van der Waals surface area contributed by atoms with Crippen molar-refractivity contribution in [2.45, 2.75) is 39.8 Å². The van der Waals surface area contributed by atoms with Crippen molar-refractivity contribution in [3.8, 4) is 0 Å². The molecule has 1 aromatic rings. The highest BCUT2D eigenvalue weighted by Crippen LogP contribution is 2.16. The zero-order valence-corrected chi connectivity index (χ0v) is 15.5. The molecular formula is C17H32N6O. The first kappa shape index (κ1) is 18.7. The Hall–Kier alpha value is -1.60. The van der Waals surface area contributed by atoms with E-state index < -0.39 is 0 Å². The zero-order valence-electron chi connectivity index (χ0n) is 15.5. The van der Waals surface area contributed by atoms with Gasteiger partial charge in [0.05, 0.1) is 32.5 Å². The van der Waals surface area contributed by atoms with Crippen LogP contribution in [0.3, 0.4) is 0 Å². The molecule has 0 amide bonds. The Morgan fingerprint density at radius 3 is 2.71 bits per heavy atom. The van der Waals surface area contributed by atoms with Crippen molar-refractivity contribution in [2.24, 2.45) is 4.99 Å². The Kier molecular flexibility index (Phi) is 7.05. The number of aliphatic imine (C=N–C) groups is 1. The molecule has 7 heteroatoms. The molecule has 24 heavy (non-hydrogen) atoms. The van der Waals surface area contributed by atoms with Crippen LogP contribution in [0.25, 0.3) is 0 Å². The van der Waals surface area contributed by atoms with E-state index in [1.807, 2.05) is 17.1 Å². The Labute approximate surface area is 145 Å². The van der Waals surface area contributed by atoms with Gasteiger partial charge in [-0.25, -0.2) is 0 Å². The van der Waals surface area contributed by atoms with Gasteiger partial charge in [-0.2, -0.15) is 5.10 Å². The quantitative estimate of drug-likeness (QED) is 0.571. The lowest BCUT2D eigenvalue weighted by Crippen LogP contribution is -2.52. The minimum atomic E-state index is 0.0330. The van der Waals surface area contributed by atoms with Gasteiger partial charge >= 0.3 is 0 Å². The number of morpholine rings is 1. The fourth-order valence-electron chi connectivity index (χ4n) is 2.76. The third kappa shape index (κ3) is 5.79. The first-order valence-electron chi connectivity index (χ1n) is 8.85. The van der Waals surface area contributed by atoms with E-state index >= 15 is 0 Å². The van der Waals surface area contributed by atoms with Gasteiger partial charge < -0.3 is 15.4 Å². The highest BCUT2D eigenvalue weighted by molar-refractivity contribution is 5.79. The van der Waals surface area contributed by atoms with Gasteiger partial charge in [0.25, 0.3) is 0 Å². The van der Waals surface area contributed by atoms with E-state index in [0.717, 1.165) is 58.4 Å². The summed E-state index contributed by atoms with van der Waals surface area (Å²) in [7, 11) is 0. The van der Waals surface area contributed by atoms with Crippen molar-refractivity contribution in [2.75, 3.05) is 45.9 Å². The summed E-state index contributed by atoms with van der Waals surface area (Å²) in [4.78, 5) is 7.23. The van der Waals surface area contributed by atoms with Crippen molar-refractivity contribution in [1.82, 2.24) is 25.3 Å². The maximum Gasteiger partial charge on any atom is 0.191 e. The lowest BCUT2D eigenvalue weighted by Gasteiger charge is -2.39. The van der Waals surface area contributed by atoms with Crippen LogP contribution in [0.5, 0.6) is 0 Å². The van der Waals surface area contributed by atoms with Crippen LogP contribution in [-0.2, 0) is 11.3 Å². The molecule has 7 nitrogen and oxygen atoms in total. The van der Waals surface area contributed by atoms with Crippen molar-refractivity contribution in [1.29, 1.82) is 0 Å². The third-order valence-corrected chi connectivity index (χ3v) is 4.23. The number of rotatable bonds is 7. The smallest absolute Gasteiger partial charge is 0.191 e. The molecule has 2 rings (SSSR count). The van der Waals surface area contributed by atoms with Crippen LogP contribution < -0.4 is 10.6 Å². The van der Waals surface area contributed by atoms with Crippen LogP contribution in [0.4, 0.5) is 0 Å². The van der Waals surface area contributed by atoms with Crippen molar-refractivity contribution >= 4 is 5.96 Å². The molecule has 0 aliphatic carbocycles. The summed E-state index contributed by atoms with van der Waals surface area (Å²) in [6.07, 6.45) is 3.93. The largest absolute Gasteiger partial charge is 0.379 e. The van der Waals surface area contributed by atoms with E-state index in [4.69, 9.17) is 9.73 Å². The molecule has 136 valence electrons. The molecule has 2 N–H and O–H groups in total. The molecule has 0 saturated carbocycles. The molecular weight excluding hydrogens is 304 g/mol. The monoisotopic (exact) mass is 336 g/mol. The van der Waals surface area contributed by atoms with Gasteiger partial charge in [-0.05, 0) is 33.3 Å². The fourth-order valence-corrected chi connectivity index (χ4v) is 2.76. The number of hydrogen-bond acceptors (Lipinski definition) is 4. The van der Waals surface area contributed by atoms with Crippen molar-refractivity contribution in [3.63, 3.8) is 0 Å². The molecule has 1 fully saturated rings. The van der Waals surface area contributed by atoms with E-state index in [-0.39, 0.29) is 5.54 Å². The van der Waals surface area contributed by atoms with Crippen LogP contribution in [0, 0.1) is 6.92 Å². The summed E-state index contributed by atoms with van der Waals surface area (Å²) >= 11 is 0. The van der Waals surface area contributed by atoms with Crippen molar-refractivity contribution < 1.29 is 4.74 Å². The van der Waals surface area contributed by atoms with E-state index in [9.17, 15) is 0 Å². The molecule has 0 aromatic carbocycles. The Bertz CT molecular complexity index is 519. The number of ether oxygens (including phenoxy) is 1. The predicted octanol–water partition coefficient (Wildman–Crippen LogP) is 0.857. The molecule has 1 saturated heterocycles. The first-order chi connectivity index (χ1) is 11.5. The van der Waals surface area contributed by atoms with Gasteiger partial charge in [0.15, 0.2) is 5.96 Å².